The molecule has 0 aliphatic rings. The van der Waals surface area contributed by atoms with Gasteiger partial charge in [0.05, 0.1) is 25.2 Å². The van der Waals surface area contributed by atoms with E-state index in [0.29, 0.717) is 10.0 Å². The first-order chi connectivity index (χ1) is 6.69. The molecule has 0 aliphatic carbocycles. The van der Waals surface area contributed by atoms with Gasteiger partial charge in [0.1, 0.15) is 0 Å². The molecule has 72 valence electrons. The first-order valence-electron chi connectivity index (χ1n) is 3.92. The zero-order valence-corrected chi connectivity index (χ0v) is 9.17. The van der Waals surface area contributed by atoms with Crippen LogP contribution >= 0.6 is 15.9 Å². The van der Waals surface area contributed by atoms with Crippen LogP contribution in [0.5, 0.6) is 0 Å². The quantitative estimate of drug-likeness (QED) is 0.761. The number of benzene rings is 1. The Bertz CT molecular complexity index is 396. The summed E-state index contributed by atoms with van der Waals surface area (Å²) in [5, 5.41) is 8.50. The Morgan fingerprint density at radius 2 is 2.36 bits per heavy atom. The number of hydrogen-bond acceptors (Lipinski definition) is 3. The molecule has 0 bridgehead atoms. The fourth-order valence-electron chi connectivity index (χ4n) is 1.04. The van der Waals surface area contributed by atoms with Gasteiger partial charge in [-0.25, -0.2) is 4.79 Å². The summed E-state index contributed by atoms with van der Waals surface area (Å²) in [6, 6.07) is 7.20. The summed E-state index contributed by atoms with van der Waals surface area (Å²) < 4.78 is 5.27. The Balaban J connectivity index is 3.09. The third-order valence-corrected chi connectivity index (χ3v) is 2.41. The zero-order valence-electron chi connectivity index (χ0n) is 7.58. The Labute approximate surface area is 90.4 Å². The van der Waals surface area contributed by atoms with Gasteiger partial charge in [-0.05, 0) is 33.6 Å². The minimum Gasteiger partial charge on any atom is -0.465 e. The Hall–Kier alpha value is -1.34. The standard InChI is InChI=1S/C10H8BrNO2/c1-14-10(13)8-6-7(4-5-12)2-3-9(8)11/h2-3,6H,4H2,1H3. The van der Waals surface area contributed by atoms with Gasteiger partial charge in [0, 0.05) is 4.47 Å². The second-order valence-corrected chi connectivity index (χ2v) is 3.50. The number of nitriles is 1. The maximum Gasteiger partial charge on any atom is 0.339 e. The van der Waals surface area contributed by atoms with Crippen LogP contribution in [0.15, 0.2) is 22.7 Å². The van der Waals surface area contributed by atoms with E-state index < -0.39 is 5.97 Å². The predicted octanol–water partition coefficient (Wildman–Crippen LogP) is 2.30. The van der Waals surface area contributed by atoms with Crippen LogP contribution < -0.4 is 0 Å². The van der Waals surface area contributed by atoms with E-state index in [4.69, 9.17) is 5.26 Å². The molecule has 0 spiro atoms. The lowest BCUT2D eigenvalue weighted by atomic mass is 10.1. The second-order valence-electron chi connectivity index (χ2n) is 2.64. The first kappa shape index (κ1) is 10.7. The number of halogens is 1. The molecule has 1 aromatic rings. The molecule has 14 heavy (non-hydrogen) atoms. The van der Waals surface area contributed by atoms with Crippen LogP contribution in [0.4, 0.5) is 0 Å². The maximum atomic E-state index is 11.3. The second kappa shape index (κ2) is 4.77. The van der Waals surface area contributed by atoms with Crippen molar-refractivity contribution < 1.29 is 9.53 Å². The smallest absolute Gasteiger partial charge is 0.339 e. The molecule has 0 saturated heterocycles. The van der Waals surface area contributed by atoms with Crippen molar-refractivity contribution in [3.05, 3.63) is 33.8 Å². The van der Waals surface area contributed by atoms with Crippen LogP contribution in [-0.4, -0.2) is 13.1 Å². The molecule has 4 heteroatoms. The first-order valence-corrected chi connectivity index (χ1v) is 4.72. The van der Waals surface area contributed by atoms with Crippen molar-refractivity contribution in [3.8, 4) is 6.07 Å². The van der Waals surface area contributed by atoms with Gasteiger partial charge in [0.25, 0.3) is 0 Å². The third-order valence-electron chi connectivity index (χ3n) is 1.72. The molecule has 0 heterocycles. The Morgan fingerprint density at radius 3 is 2.93 bits per heavy atom. The van der Waals surface area contributed by atoms with Gasteiger partial charge >= 0.3 is 5.97 Å². The number of hydrogen-bond donors (Lipinski definition) is 0. The molecule has 0 unspecified atom stereocenters. The summed E-state index contributed by atoms with van der Waals surface area (Å²) in [7, 11) is 1.33. The molecular weight excluding hydrogens is 246 g/mol. The predicted molar refractivity (Wildman–Crippen MR) is 54.8 cm³/mol. The van der Waals surface area contributed by atoms with E-state index in [-0.39, 0.29) is 6.42 Å². The summed E-state index contributed by atoms with van der Waals surface area (Å²) >= 11 is 3.24. The number of rotatable bonds is 2. The fourth-order valence-corrected chi connectivity index (χ4v) is 1.45. The minimum atomic E-state index is -0.406. The van der Waals surface area contributed by atoms with Crippen LogP contribution in [0.1, 0.15) is 15.9 Å². The van der Waals surface area contributed by atoms with Crippen LogP contribution in [0.2, 0.25) is 0 Å². The zero-order chi connectivity index (χ0) is 10.6. The Kier molecular flexibility index (Phi) is 3.66. The number of carbonyl (C=O) groups is 1. The SMILES string of the molecule is COC(=O)c1cc(CC#N)ccc1Br. The molecular formula is C10H8BrNO2. The van der Waals surface area contributed by atoms with Gasteiger partial charge in [-0.15, -0.1) is 0 Å². The van der Waals surface area contributed by atoms with E-state index in [1.54, 1.807) is 18.2 Å². The van der Waals surface area contributed by atoms with Crippen LogP contribution in [0.25, 0.3) is 0 Å². The van der Waals surface area contributed by atoms with E-state index >= 15 is 0 Å². The average molecular weight is 254 g/mol. The summed E-state index contributed by atoms with van der Waals surface area (Å²) in [5.74, 6) is -0.406. The van der Waals surface area contributed by atoms with Crippen LogP contribution in [-0.2, 0) is 11.2 Å². The summed E-state index contributed by atoms with van der Waals surface area (Å²) in [5.41, 5.74) is 1.25. The van der Waals surface area contributed by atoms with Gasteiger partial charge < -0.3 is 4.74 Å². The monoisotopic (exact) mass is 253 g/mol. The van der Waals surface area contributed by atoms with Crippen molar-refractivity contribution in [2.45, 2.75) is 6.42 Å². The molecule has 0 aliphatic heterocycles. The van der Waals surface area contributed by atoms with Crippen molar-refractivity contribution in [2.75, 3.05) is 7.11 Å². The highest BCUT2D eigenvalue weighted by molar-refractivity contribution is 9.10. The highest BCUT2D eigenvalue weighted by Crippen LogP contribution is 2.19. The normalized spacial score (nSPS) is 9.21. The maximum absolute atomic E-state index is 11.3. The van der Waals surface area contributed by atoms with Gasteiger partial charge in [-0.1, -0.05) is 6.07 Å². The molecule has 0 fully saturated rings. The number of methoxy groups -OCH3 is 1. The third kappa shape index (κ3) is 2.33. The molecule has 1 rings (SSSR count). The highest BCUT2D eigenvalue weighted by Gasteiger charge is 2.10. The lowest BCUT2D eigenvalue weighted by molar-refractivity contribution is 0.0599. The molecule has 0 radical (unpaired) electrons. The van der Waals surface area contributed by atoms with E-state index in [2.05, 4.69) is 20.7 Å². The number of esters is 1. The molecule has 3 nitrogen and oxygen atoms in total. The topological polar surface area (TPSA) is 50.1 Å². The summed E-state index contributed by atoms with van der Waals surface area (Å²) in [6.45, 7) is 0. The van der Waals surface area contributed by atoms with Gasteiger partial charge in [-0.2, -0.15) is 5.26 Å². The van der Waals surface area contributed by atoms with Crippen molar-refractivity contribution in [3.63, 3.8) is 0 Å². The molecule has 0 amide bonds. The van der Waals surface area contributed by atoms with Gasteiger partial charge in [-0.3, -0.25) is 0 Å². The lowest BCUT2D eigenvalue weighted by Gasteiger charge is -2.03. The summed E-state index contributed by atoms with van der Waals surface area (Å²) in [6.07, 6.45) is 0.289. The average Bonchev–Trinajstić information content (AvgIpc) is 2.20. The largest absolute Gasteiger partial charge is 0.465 e. The van der Waals surface area contributed by atoms with E-state index in [1.807, 2.05) is 6.07 Å². The van der Waals surface area contributed by atoms with E-state index in [9.17, 15) is 4.79 Å². The van der Waals surface area contributed by atoms with E-state index in [1.165, 1.54) is 7.11 Å². The van der Waals surface area contributed by atoms with Gasteiger partial charge in [0.2, 0.25) is 0 Å². The number of ether oxygens (including phenoxy) is 1. The van der Waals surface area contributed by atoms with Crippen molar-refractivity contribution in [1.82, 2.24) is 0 Å². The molecule has 1 aromatic carbocycles. The lowest BCUT2D eigenvalue weighted by Crippen LogP contribution is -2.03. The van der Waals surface area contributed by atoms with Crippen molar-refractivity contribution in [2.24, 2.45) is 0 Å². The highest BCUT2D eigenvalue weighted by atomic mass is 79.9. The molecule has 0 saturated carbocycles. The molecule has 0 N–H and O–H groups in total. The van der Waals surface area contributed by atoms with Crippen LogP contribution in [0.3, 0.4) is 0 Å². The number of carbonyl (C=O) groups excluding carboxylic acids is 1. The fraction of sp³-hybridized carbons (Fsp3) is 0.200. The minimum absolute atomic E-state index is 0.289. The Morgan fingerprint density at radius 1 is 1.64 bits per heavy atom. The molecule has 0 aromatic heterocycles. The molecule has 0 atom stereocenters. The van der Waals surface area contributed by atoms with E-state index in [0.717, 1.165) is 5.56 Å². The van der Waals surface area contributed by atoms with Gasteiger partial charge in [0.15, 0.2) is 0 Å². The summed E-state index contributed by atoms with van der Waals surface area (Å²) in [4.78, 5) is 11.3. The van der Waals surface area contributed by atoms with Crippen LogP contribution in [0, 0.1) is 11.3 Å². The van der Waals surface area contributed by atoms with Crippen molar-refractivity contribution >= 4 is 21.9 Å². The number of nitrogens with zero attached hydrogens (tertiary/aromatic N) is 1. The van der Waals surface area contributed by atoms with Crippen molar-refractivity contribution in [1.29, 1.82) is 5.26 Å².